The maximum Gasteiger partial charge on any atom is 0.0702 e. The molecule has 6 aromatic carbocycles. The Hall–Kier alpha value is -5.08. The van der Waals surface area contributed by atoms with Gasteiger partial charge in [-0.25, -0.2) is 0 Å². The van der Waals surface area contributed by atoms with Crippen LogP contribution in [0.5, 0.6) is 0 Å². The minimum Gasteiger partial charge on any atom is -0.308 e. The summed E-state index contributed by atoms with van der Waals surface area (Å²) in [5.41, 5.74) is 9.33. The SMILES string of the molecule is c1ccc(-c2ccc(N(c3ccccc3)c3ccccc3-n3c4ccccc4c4ccccc43)cc2)cc1. The van der Waals surface area contributed by atoms with Gasteiger partial charge in [0, 0.05) is 22.1 Å². The van der Waals surface area contributed by atoms with Crippen molar-refractivity contribution in [2.45, 2.75) is 0 Å². The third kappa shape index (κ3) is 3.75. The van der Waals surface area contributed by atoms with Crippen LogP contribution in [0, 0.1) is 0 Å². The third-order valence-corrected chi connectivity index (χ3v) is 7.19. The maximum atomic E-state index is 2.40. The summed E-state index contributed by atoms with van der Waals surface area (Å²) in [6.45, 7) is 0. The van der Waals surface area contributed by atoms with Crippen LogP contribution in [-0.4, -0.2) is 4.57 Å². The highest BCUT2D eigenvalue weighted by Gasteiger charge is 2.20. The van der Waals surface area contributed by atoms with E-state index in [0.717, 1.165) is 22.7 Å². The number of rotatable bonds is 5. The van der Waals surface area contributed by atoms with E-state index in [4.69, 9.17) is 0 Å². The molecule has 0 unspecified atom stereocenters. The number of hydrogen-bond acceptors (Lipinski definition) is 1. The highest BCUT2D eigenvalue weighted by atomic mass is 15.2. The van der Waals surface area contributed by atoms with E-state index in [1.807, 2.05) is 0 Å². The summed E-state index contributed by atoms with van der Waals surface area (Å²) in [4.78, 5) is 2.35. The van der Waals surface area contributed by atoms with Crippen LogP contribution in [0.4, 0.5) is 17.1 Å². The van der Waals surface area contributed by atoms with Gasteiger partial charge < -0.3 is 9.47 Å². The lowest BCUT2D eigenvalue weighted by atomic mass is 10.0. The van der Waals surface area contributed by atoms with Crippen molar-refractivity contribution in [1.29, 1.82) is 0 Å². The summed E-state index contributed by atoms with van der Waals surface area (Å²) in [6, 6.07) is 56.1. The van der Waals surface area contributed by atoms with E-state index < -0.39 is 0 Å². The molecule has 0 fully saturated rings. The minimum absolute atomic E-state index is 1.11. The Morgan fingerprint density at radius 1 is 0.368 bits per heavy atom. The van der Waals surface area contributed by atoms with Crippen LogP contribution in [0.3, 0.4) is 0 Å². The van der Waals surface area contributed by atoms with Crippen LogP contribution in [-0.2, 0) is 0 Å². The van der Waals surface area contributed by atoms with Crippen molar-refractivity contribution in [3.05, 3.63) is 158 Å². The molecule has 0 atom stereocenters. The Morgan fingerprint density at radius 3 is 1.50 bits per heavy atom. The van der Waals surface area contributed by atoms with Gasteiger partial charge in [-0.1, -0.05) is 109 Å². The van der Waals surface area contributed by atoms with Gasteiger partial charge in [-0.2, -0.15) is 0 Å². The van der Waals surface area contributed by atoms with Gasteiger partial charge in [0.2, 0.25) is 0 Å². The average Bonchev–Trinajstić information content (AvgIpc) is 3.33. The number of hydrogen-bond donors (Lipinski definition) is 0. The summed E-state index contributed by atoms with van der Waals surface area (Å²) in [5, 5.41) is 2.52. The predicted molar refractivity (Wildman–Crippen MR) is 161 cm³/mol. The maximum absolute atomic E-state index is 2.40. The molecule has 0 aliphatic carbocycles. The van der Waals surface area contributed by atoms with Crippen LogP contribution in [0.1, 0.15) is 0 Å². The monoisotopic (exact) mass is 486 g/mol. The molecule has 2 nitrogen and oxygen atoms in total. The van der Waals surface area contributed by atoms with Crippen molar-refractivity contribution >= 4 is 38.9 Å². The first-order valence-corrected chi connectivity index (χ1v) is 13.0. The Morgan fingerprint density at radius 2 is 0.842 bits per heavy atom. The summed E-state index contributed by atoms with van der Waals surface area (Å²) in [7, 11) is 0. The molecule has 38 heavy (non-hydrogen) atoms. The third-order valence-electron chi connectivity index (χ3n) is 7.19. The fourth-order valence-corrected chi connectivity index (χ4v) is 5.46. The quantitative estimate of drug-likeness (QED) is 0.235. The van der Waals surface area contributed by atoms with Crippen LogP contribution < -0.4 is 4.90 Å². The van der Waals surface area contributed by atoms with E-state index in [1.54, 1.807) is 0 Å². The predicted octanol–water partition coefficient (Wildman–Crippen LogP) is 9.92. The Labute approximate surface area is 222 Å². The van der Waals surface area contributed by atoms with Gasteiger partial charge in [0.1, 0.15) is 0 Å². The molecule has 0 amide bonds. The molecule has 180 valence electrons. The van der Waals surface area contributed by atoms with Gasteiger partial charge in [0.15, 0.2) is 0 Å². The number of fused-ring (bicyclic) bond motifs is 3. The van der Waals surface area contributed by atoms with Crippen molar-refractivity contribution in [2.75, 3.05) is 4.90 Å². The lowest BCUT2D eigenvalue weighted by Gasteiger charge is -2.28. The number of anilines is 3. The molecule has 0 spiro atoms. The van der Waals surface area contributed by atoms with E-state index >= 15 is 0 Å². The molecule has 0 N–H and O–H groups in total. The molecule has 0 saturated heterocycles. The number of aromatic nitrogens is 1. The fraction of sp³-hybridized carbons (Fsp3) is 0. The van der Waals surface area contributed by atoms with E-state index in [9.17, 15) is 0 Å². The van der Waals surface area contributed by atoms with E-state index in [0.29, 0.717) is 0 Å². The first-order valence-electron chi connectivity index (χ1n) is 13.0. The minimum atomic E-state index is 1.11. The Kier molecular flexibility index (Phi) is 5.49. The van der Waals surface area contributed by atoms with Crippen LogP contribution in [0.25, 0.3) is 38.6 Å². The normalized spacial score (nSPS) is 11.2. The highest BCUT2D eigenvalue weighted by molar-refractivity contribution is 6.09. The van der Waals surface area contributed by atoms with Gasteiger partial charge in [0.05, 0.1) is 22.4 Å². The van der Waals surface area contributed by atoms with Crippen LogP contribution in [0.15, 0.2) is 158 Å². The van der Waals surface area contributed by atoms with E-state index in [1.165, 1.54) is 32.9 Å². The summed E-state index contributed by atoms with van der Waals surface area (Å²) in [5.74, 6) is 0. The molecule has 0 aliphatic rings. The second kappa shape index (κ2) is 9.42. The van der Waals surface area contributed by atoms with Gasteiger partial charge in [-0.15, -0.1) is 0 Å². The summed E-state index contributed by atoms with van der Waals surface area (Å²) >= 11 is 0. The molecule has 1 aromatic heterocycles. The zero-order chi connectivity index (χ0) is 25.3. The molecule has 2 heteroatoms. The fourth-order valence-electron chi connectivity index (χ4n) is 5.46. The topological polar surface area (TPSA) is 8.17 Å². The molecule has 0 radical (unpaired) electrons. The zero-order valence-corrected chi connectivity index (χ0v) is 20.9. The molecule has 0 bridgehead atoms. The molecule has 0 saturated carbocycles. The van der Waals surface area contributed by atoms with Crippen molar-refractivity contribution in [3.8, 4) is 16.8 Å². The second-order valence-electron chi connectivity index (χ2n) is 9.44. The van der Waals surface area contributed by atoms with E-state index in [-0.39, 0.29) is 0 Å². The first-order chi connectivity index (χ1) is 18.9. The number of benzene rings is 6. The van der Waals surface area contributed by atoms with Crippen molar-refractivity contribution in [3.63, 3.8) is 0 Å². The van der Waals surface area contributed by atoms with Crippen molar-refractivity contribution in [2.24, 2.45) is 0 Å². The second-order valence-corrected chi connectivity index (χ2v) is 9.44. The molecule has 1 heterocycles. The molecule has 0 aliphatic heterocycles. The lowest BCUT2D eigenvalue weighted by Crippen LogP contribution is -2.13. The smallest absolute Gasteiger partial charge is 0.0702 e. The number of para-hydroxylation sites is 5. The summed E-state index contributed by atoms with van der Waals surface area (Å²) < 4.78 is 2.40. The molecule has 7 aromatic rings. The van der Waals surface area contributed by atoms with Crippen LogP contribution >= 0.6 is 0 Å². The van der Waals surface area contributed by atoms with Gasteiger partial charge in [-0.3, -0.25) is 0 Å². The van der Waals surface area contributed by atoms with Crippen molar-refractivity contribution < 1.29 is 0 Å². The van der Waals surface area contributed by atoms with Gasteiger partial charge in [-0.05, 0) is 59.7 Å². The number of nitrogens with zero attached hydrogens (tertiary/aromatic N) is 2. The Bertz CT molecular complexity index is 1800. The zero-order valence-electron chi connectivity index (χ0n) is 20.9. The highest BCUT2D eigenvalue weighted by Crippen LogP contribution is 2.41. The summed E-state index contributed by atoms with van der Waals surface area (Å²) in [6.07, 6.45) is 0. The Balaban J connectivity index is 1.46. The first kappa shape index (κ1) is 22.1. The standard InChI is InChI=1S/C36H26N2/c1-3-13-27(14-4-1)28-23-25-30(26-24-28)37(29-15-5-2-6-16-29)35-21-11-12-22-36(35)38-33-19-9-7-17-31(33)32-18-8-10-20-34(32)38/h1-26H. The lowest BCUT2D eigenvalue weighted by molar-refractivity contribution is 1.15. The van der Waals surface area contributed by atoms with Gasteiger partial charge in [0.25, 0.3) is 0 Å². The van der Waals surface area contributed by atoms with Gasteiger partial charge >= 0.3 is 0 Å². The molecular weight excluding hydrogens is 460 g/mol. The van der Waals surface area contributed by atoms with Crippen molar-refractivity contribution in [1.82, 2.24) is 4.57 Å². The molecular formula is C36H26N2. The average molecular weight is 487 g/mol. The largest absolute Gasteiger partial charge is 0.308 e. The van der Waals surface area contributed by atoms with Crippen LogP contribution in [0.2, 0.25) is 0 Å². The van der Waals surface area contributed by atoms with E-state index in [2.05, 4.69) is 167 Å². The molecule has 7 rings (SSSR count).